The first kappa shape index (κ1) is 7.47. The quantitative estimate of drug-likeness (QED) is 0.654. The van der Waals surface area contributed by atoms with E-state index in [0.717, 1.165) is 17.2 Å². The van der Waals surface area contributed by atoms with E-state index in [9.17, 15) is 0 Å². The Bertz CT molecular complexity index is 197. The Balaban J connectivity index is 2.42. The maximum atomic E-state index is 5.42. The fourth-order valence-corrected chi connectivity index (χ4v) is 1.33. The molecule has 0 aromatic carbocycles. The topological polar surface area (TPSA) is 54.7 Å². The van der Waals surface area contributed by atoms with Crippen LogP contribution in [0.5, 0.6) is 0 Å². The van der Waals surface area contributed by atoms with Crippen LogP contribution in [0.25, 0.3) is 0 Å². The van der Waals surface area contributed by atoms with Crippen molar-refractivity contribution in [2.75, 3.05) is 11.5 Å². The molecule has 0 radical (unpaired) electrons. The fraction of sp³-hybridized carbons (Fsp3) is 0.500. The van der Waals surface area contributed by atoms with Gasteiger partial charge in [0.15, 0.2) is 0 Å². The molecule has 10 heavy (non-hydrogen) atoms. The van der Waals surface area contributed by atoms with Gasteiger partial charge in [-0.1, -0.05) is 6.92 Å². The van der Waals surface area contributed by atoms with Crippen molar-refractivity contribution >= 4 is 17.6 Å². The number of hydrogen-bond donors (Lipinski definition) is 2. The first-order valence-corrected chi connectivity index (χ1v) is 4.25. The molecule has 1 heterocycles. The molecule has 3 nitrogen and oxygen atoms in total. The second kappa shape index (κ2) is 3.51. The number of hydrogen-bond acceptors (Lipinski definition) is 3. The number of anilines is 1. The Morgan fingerprint density at radius 2 is 2.60 bits per heavy atom. The normalized spacial score (nSPS) is 10.1. The highest BCUT2D eigenvalue weighted by molar-refractivity contribution is 7.99. The zero-order valence-electron chi connectivity index (χ0n) is 5.92. The SMILES string of the molecule is CCCSc1cc(N)[nH]n1. The van der Waals surface area contributed by atoms with Gasteiger partial charge in [0, 0.05) is 6.07 Å². The molecule has 1 rings (SSSR count). The van der Waals surface area contributed by atoms with Crippen LogP contribution in [0.2, 0.25) is 0 Å². The lowest BCUT2D eigenvalue weighted by molar-refractivity contribution is 1.00. The largest absolute Gasteiger partial charge is 0.384 e. The molecule has 0 fully saturated rings. The van der Waals surface area contributed by atoms with E-state index in [-0.39, 0.29) is 0 Å². The van der Waals surface area contributed by atoms with Crippen molar-refractivity contribution in [3.8, 4) is 0 Å². The second-order valence-electron chi connectivity index (χ2n) is 2.01. The van der Waals surface area contributed by atoms with Crippen LogP contribution in [0.3, 0.4) is 0 Å². The minimum Gasteiger partial charge on any atom is -0.384 e. The summed E-state index contributed by atoms with van der Waals surface area (Å²) in [5.74, 6) is 1.74. The highest BCUT2D eigenvalue weighted by atomic mass is 32.2. The molecular weight excluding hydrogens is 146 g/mol. The molecule has 0 atom stereocenters. The maximum absolute atomic E-state index is 5.42. The highest BCUT2D eigenvalue weighted by Gasteiger charge is 1.95. The molecule has 56 valence electrons. The third kappa shape index (κ3) is 1.95. The summed E-state index contributed by atoms with van der Waals surface area (Å²) < 4.78 is 0. The summed E-state index contributed by atoms with van der Waals surface area (Å²) in [5.41, 5.74) is 5.42. The van der Waals surface area contributed by atoms with Gasteiger partial charge in [0.1, 0.15) is 10.8 Å². The van der Waals surface area contributed by atoms with Crippen LogP contribution in [0.4, 0.5) is 5.82 Å². The molecule has 0 aliphatic heterocycles. The average molecular weight is 157 g/mol. The molecule has 1 aromatic rings. The molecule has 0 amide bonds. The summed E-state index contributed by atoms with van der Waals surface area (Å²) in [5, 5.41) is 7.64. The Morgan fingerprint density at radius 3 is 3.10 bits per heavy atom. The molecular formula is C6H11N3S. The number of nitrogen functional groups attached to an aromatic ring is 1. The zero-order valence-corrected chi connectivity index (χ0v) is 6.74. The predicted octanol–water partition coefficient (Wildman–Crippen LogP) is 1.49. The Hall–Kier alpha value is -0.640. The van der Waals surface area contributed by atoms with Crippen molar-refractivity contribution in [1.82, 2.24) is 10.2 Å². The third-order valence-corrected chi connectivity index (χ3v) is 2.15. The Labute approximate surface area is 64.4 Å². The van der Waals surface area contributed by atoms with Gasteiger partial charge in [-0.2, -0.15) is 5.10 Å². The Kier molecular flexibility index (Phi) is 2.62. The number of thioether (sulfide) groups is 1. The van der Waals surface area contributed by atoms with Gasteiger partial charge in [0.05, 0.1) is 0 Å². The number of aromatic nitrogens is 2. The molecule has 0 aliphatic carbocycles. The van der Waals surface area contributed by atoms with Crippen LogP contribution >= 0.6 is 11.8 Å². The van der Waals surface area contributed by atoms with Gasteiger partial charge in [-0.05, 0) is 12.2 Å². The van der Waals surface area contributed by atoms with Gasteiger partial charge in [-0.3, -0.25) is 5.10 Å². The molecule has 0 aliphatic rings. The number of nitrogens with zero attached hydrogens (tertiary/aromatic N) is 1. The standard InChI is InChI=1S/C6H11N3S/c1-2-3-10-6-4-5(7)8-9-6/h4H,2-3H2,1H3,(H3,7,8,9). The predicted molar refractivity (Wildman–Crippen MR) is 44.0 cm³/mol. The van der Waals surface area contributed by atoms with Gasteiger partial charge in [0.25, 0.3) is 0 Å². The molecule has 0 saturated carbocycles. The summed E-state index contributed by atoms with van der Waals surface area (Å²) in [6, 6.07) is 1.85. The van der Waals surface area contributed by atoms with Gasteiger partial charge < -0.3 is 5.73 Å². The number of nitrogens with one attached hydrogen (secondary N) is 1. The summed E-state index contributed by atoms with van der Waals surface area (Å²) in [7, 11) is 0. The van der Waals surface area contributed by atoms with Crippen molar-refractivity contribution in [3.05, 3.63) is 6.07 Å². The lowest BCUT2D eigenvalue weighted by atomic mass is 10.6. The zero-order chi connectivity index (χ0) is 7.40. The number of rotatable bonds is 3. The smallest absolute Gasteiger partial charge is 0.120 e. The summed E-state index contributed by atoms with van der Waals surface area (Å²) in [4.78, 5) is 0. The highest BCUT2D eigenvalue weighted by Crippen LogP contribution is 2.16. The van der Waals surface area contributed by atoms with Gasteiger partial charge >= 0.3 is 0 Å². The van der Waals surface area contributed by atoms with Crippen molar-refractivity contribution in [3.63, 3.8) is 0 Å². The number of H-pyrrole nitrogens is 1. The van der Waals surface area contributed by atoms with Gasteiger partial charge in [-0.25, -0.2) is 0 Å². The fourth-order valence-electron chi connectivity index (χ4n) is 0.598. The van der Waals surface area contributed by atoms with Crippen LogP contribution in [-0.2, 0) is 0 Å². The van der Waals surface area contributed by atoms with Crippen LogP contribution in [-0.4, -0.2) is 16.0 Å². The van der Waals surface area contributed by atoms with Crippen LogP contribution in [0.1, 0.15) is 13.3 Å². The number of aromatic amines is 1. The van der Waals surface area contributed by atoms with Crippen molar-refractivity contribution in [1.29, 1.82) is 0 Å². The molecule has 3 N–H and O–H groups in total. The van der Waals surface area contributed by atoms with Crippen molar-refractivity contribution < 1.29 is 0 Å². The molecule has 0 bridgehead atoms. The lowest BCUT2D eigenvalue weighted by Crippen LogP contribution is -1.81. The van der Waals surface area contributed by atoms with Crippen molar-refractivity contribution in [2.24, 2.45) is 0 Å². The van der Waals surface area contributed by atoms with Crippen LogP contribution < -0.4 is 5.73 Å². The molecule has 0 spiro atoms. The van der Waals surface area contributed by atoms with E-state index in [0.29, 0.717) is 5.82 Å². The maximum Gasteiger partial charge on any atom is 0.120 e. The third-order valence-electron chi connectivity index (χ3n) is 1.03. The molecule has 0 unspecified atom stereocenters. The van der Waals surface area contributed by atoms with E-state index in [1.807, 2.05) is 6.07 Å². The van der Waals surface area contributed by atoms with Gasteiger partial charge in [-0.15, -0.1) is 11.8 Å². The first-order chi connectivity index (χ1) is 4.83. The molecule has 4 heteroatoms. The van der Waals surface area contributed by atoms with E-state index in [1.165, 1.54) is 0 Å². The molecule has 0 saturated heterocycles. The summed E-state index contributed by atoms with van der Waals surface area (Å²) in [6.45, 7) is 2.14. The second-order valence-corrected chi connectivity index (χ2v) is 3.13. The van der Waals surface area contributed by atoms with E-state index >= 15 is 0 Å². The first-order valence-electron chi connectivity index (χ1n) is 3.26. The minimum atomic E-state index is 0.638. The van der Waals surface area contributed by atoms with Crippen molar-refractivity contribution in [2.45, 2.75) is 18.4 Å². The van der Waals surface area contributed by atoms with Gasteiger partial charge in [0.2, 0.25) is 0 Å². The summed E-state index contributed by atoms with van der Waals surface area (Å²) in [6.07, 6.45) is 1.16. The summed E-state index contributed by atoms with van der Waals surface area (Å²) >= 11 is 1.72. The van der Waals surface area contributed by atoms with Crippen LogP contribution in [0, 0.1) is 0 Å². The van der Waals surface area contributed by atoms with E-state index in [1.54, 1.807) is 11.8 Å². The number of nitrogens with two attached hydrogens (primary N) is 1. The minimum absolute atomic E-state index is 0.638. The van der Waals surface area contributed by atoms with Crippen LogP contribution in [0.15, 0.2) is 11.1 Å². The lowest BCUT2D eigenvalue weighted by Gasteiger charge is -1.89. The molecule has 1 aromatic heterocycles. The average Bonchev–Trinajstić information content (AvgIpc) is 2.31. The van der Waals surface area contributed by atoms with E-state index < -0.39 is 0 Å². The van der Waals surface area contributed by atoms with E-state index in [2.05, 4.69) is 17.1 Å². The van der Waals surface area contributed by atoms with E-state index in [4.69, 9.17) is 5.73 Å². The Morgan fingerprint density at radius 1 is 1.80 bits per heavy atom. The monoisotopic (exact) mass is 157 g/mol.